The maximum absolute atomic E-state index is 4.83. The predicted octanol–water partition coefficient (Wildman–Crippen LogP) is 6.60. The molecular weight excluding hydrogens is 378 g/mol. The summed E-state index contributed by atoms with van der Waals surface area (Å²) in [5.41, 5.74) is 4.79. The van der Waals surface area contributed by atoms with Crippen LogP contribution in [0.1, 0.15) is 36.8 Å². The zero-order valence-corrected chi connectivity index (χ0v) is 18.2. The Kier molecular flexibility index (Phi) is 5.66. The highest BCUT2D eigenvalue weighted by atomic mass is 15.3. The molecule has 3 nitrogen and oxygen atoms in total. The number of rotatable bonds is 5. The van der Waals surface area contributed by atoms with Crippen LogP contribution in [-0.4, -0.2) is 22.8 Å². The smallest absolute Gasteiger partial charge is 0.159 e. The first-order valence-corrected chi connectivity index (χ1v) is 11.4. The number of fused-ring (bicyclic) bond motifs is 1. The molecule has 156 valence electrons. The van der Waals surface area contributed by atoms with Gasteiger partial charge in [0.15, 0.2) is 5.82 Å². The molecule has 1 unspecified atom stereocenters. The molecule has 0 N–H and O–H groups in total. The standard InChI is InChI=1S/C28H29N3/c1-21-11-5-6-15-24(21)27-25-16-7-8-17-26(25)28(30-29-27)31-20-10-9-14-23(31)19-18-22-12-3-2-4-13-22/h2-8,11-13,15-17,23H,9-10,14,18-20H2,1H3. The Morgan fingerprint density at radius 3 is 2.39 bits per heavy atom. The van der Waals surface area contributed by atoms with E-state index >= 15 is 0 Å². The van der Waals surface area contributed by atoms with Crippen LogP contribution in [0.3, 0.4) is 0 Å². The third-order valence-electron chi connectivity index (χ3n) is 6.58. The fraction of sp³-hybridized carbons (Fsp3) is 0.286. The molecule has 0 saturated carbocycles. The molecule has 2 heterocycles. The third kappa shape index (κ3) is 4.05. The Hall–Kier alpha value is -3.20. The molecule has 1 atom stereocenters. The Bertz CT molecular complexity index is 1170. The van der Waals surface area contributed by atoms with Crippen LogP contribution < -0.4 is 4.90 Å². The summed E-state index contributed by atoms with van der Waals surface area (Å²) in [5.74, 6) is 1.05. The highest BCUT2D eigenvalue weighted by Crippen LogP contribution is 2.35. The largest absolute Gasteiger partial charge is 0.352 e. The zero-order chi connectivity index (χ0) is 21.0. The van der Waals surface area contributed by atoms with Crippen molar-refractivity contribution in [2.45, 2.75) is 45.1 Å². The van der Waals surface area contributed by atoms with Crippen molar-refractivity contribution in [1.82, 2.24) is 10.2 Å². The van der Waals surface area contributed by atoms with E-state index < -0.39 is 0 Å². The lowest BCUT2D eigenvalue weighted by molar-refractivity contribution is 0.435. The molecule has 4 aromatic rings. The van der Waals surface area contributed by atoms with Gasteiger partial charge in [0.25, 0.3) is 0 Å². The van der Waals surface area contributed by atoms with Crippen LogP contribution in [0.15, 0.2) is 78.9 Å². The lowest BCUT2D eigenvalue weighted by Gasteiger charge is -2.37. The molecule has 3 aromatic carbocycles. The van der Waals surface area contributed by atoms with E-state index in [1.165, 1.54) is 41.2 Å². The van der Waals surface area contributed by atoms with E-state index in [1.807, 2.05) is 0 Å². The van der Waals surface area contributed by atoms with Gasteiger partial charge < -0.3 is 4.90 Å². The number of hydrogen-bond donors (Lipinski definition) is 0. The normalized spacial score (nSPS) is 16.5. The summed E-state index contributed by atoms with van der Waals surface area (Å²) in [4.78, 5) is 2.53. The first-order chi connectivity index (χ1) is 15.3. The van der Waals surface area contributed by atoms with Crippen molar-refractivity contribution in [3.05, 3.63) is 90.0 Å². The number of piperidine rings is 1. The molecule has 1 aliphatic heterocycles. The van der Waals surface area contributed by atoms with Gasteiger partial charge in [-0.1, -0.05) is 78.9 Å². The molecule has 31 heavy (non-hydrogen) atoms. The summed E-state index contributed by atoms with van der Waals surface area (Å²) in [6, 6.07) is 28.4. The highest BCUT2D eigenvalue weighted by Gasteiger charge is 2.26. The van der Waals surface area contributed by atoms with Crippen molar-refractivity contribution in [2.24, 2.45) is 0 Å². The van der Waals surface area contributed by atoms with Crippen molar-refractivity contribution >= 4 is 16.6 Å². The Balaban J connectivity index is 1.51. The first-order valence-electron chi connectivity index (χ1n) is 11.4. The van der Waals surface area contributed by atoms with E-state index in [0.717, 1.165) is 36.5 Å². The summed E-state index contributed by atoms with van der Waals surface area (Å²) >= 11 is 0. The quantitative estimate of drug-likeness (QED) is 0.373. The highest BCUT2D eigenvalue weighted by molar-refractivity contribution is 6.00. The summed E-state index contributed by atoms with van der Waals surface area (Å²) in [5, 5.41) is 12.0. The van der Waals surface area contributed by atoms with Crippen molar-refractivity contribution in [1.29, 1.82) is 0 Å². The number of aromatic nitrogens is 2. The number of hydrogen-bond acceptors (Lipinski definition) is 3. The van der Waals surface area contributed by atoms with Crippen molar-refractivity contribution in [3.8, 4) is 11.3 Å². The second-order valence-corrected chi connectivity index (χ2v) is 8.60. The Morgan fingerprint density at radius 2 is 1.55 bits per heavy atom. The minimum Gasteiger partial charge on any atom is -0.352 e. The SMILES string of the molecule is Cc1ccccc1-c1nnc(N2CCCCC2CCc2ccccc2)c2ccccc12. The van der Waals surface area contributed by atoms with Gasteiger partial charge in [0, 0.05) is 28.9 Å². The van der Waals surface area contributed by atoms with Gasteiger partial charge in [-0.15, -0.1) is 10.2 Å². The van der Waals surface area contributed by atoms with Gasteiger partial charge in [-0.2, -0.15) is 0 Å². The van der Waals surface area contributed by atoms with E-state index in [2.05, 4.69) is 90.7 Å². The van der Waals surface area contributed by atoms with Gasteiger partial charge in [0.2, 0.25) is 0 Å². The summed E-state index contributed by atoms with van der Waals surface area (Å²) in [6.45, 7) is 3.20. The third-order valence-corrected chi connectivity index (χ3v) is 6.58. The maximum Gasteiger partial charge on any atom is 0.159 e. The Labute approximate surface area is 184 Å². The second-order valence-electron chi connectivity index (χ2n) is 8.60. The molecule has 0 spiro atoms. The van der Waals surface area contributed by atoms with E-state index in [9.17, 15) is 0 Å². The zero-order valence-electron chi connectivity index (χ0n) is 18.2. The van der Waals surface area contributed by atoms with Crippen molar-refractivity contribution in [2.75, 3.05) is 11.4 Å². The topological polar surface area (TPSA) is 29.0 Å². The van der Waals surface area contributed by atoms with Crippen molar-refractivity contribution in [3.63, 3.8) is 0 Å². The molecule has 1 saturated heterocycles. The van der Waals surface area contributed by atoms with Crippen LogP contribution in [0.5, 0.6) is 0 Å². The molecule has 1 fully saturated rings. The average molecular weight is 408 g/mol. The number of nitrogens with zero attached hydrogens (tertiary/aromatic N) is 3. The summed E-state index contributed by atoms with van der Waals surface area (Å²) < 4.78 is 0. The van der Waals surface area contributed by atoms with Crippen LogP contribution in [0, 0.1) is 6.92 Å². The Morgan fingerprint density at radius 1 is 0.806 bits per heavy atom. The van der Waals surface area contributed by atoms with Gasteiger partial charge in [0.1, 0.15) is 5.69 Å². The average Bonchev–Trinajstić information content (AvgIpc) is 2.83. The van der Waals surface area contributed by atoms with Crippen LogP contribution in [0.2, 0.25) is 0 Å². The van der Waals surface area contributed by atoms with Crippen LogP contribution in [0.4, 0.5) is 5.82 Å². The molecule has 0 bridgehead atoms. The minimum absolute atomic E-state index is 0.510. The van der Waals surface area contributed by atoms with Crippen LogP contribution >= 0.6 is 0 Å². The lowest BCUT2D eigenvalue weighted by Crippen LogP contribution is -2.40. The molecule has 5 rings (SSSR count). The fourth-order valence-corrected chi connectivity index (χ4v) is 4.90. The molecule has 1 aliphatic rings. The molecule has 0 amide bonds. The molecule has 1 aromatic heterocycles. The number of benzene rings is 3. The molecule has 0 aliphatic carbocycles. The van der Waals surface area contributed by atoms with E-state index in [-0.39, 0.29) is 0 Å². The van der Waals surface area contributed by atoms with Gasteiger partial charge >= 0.3 is 0 Å². The number of anilines is 1. The number of aryl methyl sites for hydroxylation is 2. The summed E-state index contributed by atoms with van der Waals surface area (Å²) in [7, 11) is 0. The maximum atomic E-state index is 4.83. The van der Waals surface area contributed by atoms with Gasteiger partial charge in [0.05, 0.1) is 0 Å². The van der Waals surface area contributed by atoms with Gasteiger partial charge in [-0.3, -0.25) is 0 Å². The lowest BCUT2D eigenvalue weighted by atomic mass is 9.95. The monoisotopic (exact) mass is 407 g/mol. The van der Waals surface area contributed by atoms with E-state index in [4.69, 9.17) is 10.2 Å². The summed E-state index contributed by atoms with van der Waals surface area (Å²) in [6.07, 6.45) is 6.00. The second kappa shape index (κ2) is 8.89. The predicted molar refractivity (Wildman–Crippen MR) is 129 cm³/mol. The van der Waals surface area contributed by atoms with Gasteiger partial charge in [-0.05, 0) is 50.2 Å². The van der Waals surface area contributed by atoms with E-state index in [0.29, 0.717) is 6.04 Å². The molecular formula is C28H29N3. The first kappa shape index (κ1) is 19.7. The van der Waals surface area contributed by atoms with Crippen molar-refractivity contribution < 1.29 is 0 Å². The van der Waals surface area contributed by atoms with E-state index in [1.54, 1.807) is 0 Å². The fourth-order valence-electron chi connectivity index (χ4n) is 4.90. The van der Waals surface area contributed by atoms with Gasteiger partial charge in [-0.25, -0.2) is 0 Å². The van der Waals surface area contributed by atoms with Crippen LogP contribution in [-0.2, 0) is 6.42 Å². The molecule has 3 heteroatoms. The molecule has 0 radical (unpaired) electrons. The minimum atomic E-state index is 0.510. The van der Waals surface area contributed by atoms with Crippen LogP contribution in [0.25, 0.3) is 22.0 Å².